The van der Waals surface area contributed by atoms with E-state index in [2.05, 4.69) is 29.2 Å². The van der Waals surface area contributed by atoms with Crippen LogP contribution in [0.25, 0.3) is 0 Å². The Labute approximate surface area is 162 Å². The van der Waals surface area contributed by atoms with Gasteiger partial charge in [0.15, 0.2) is 0 Å². The highest BCUT2D eigenvalue weighted by Gasteiger charge is 2.61. The largest absolute Gasteiger partial charge is 0.277 e. The lowest BCUT2D eigenvalue weighted by Gasteiger charge is -2.45. The maximum Gasteiger partial charge on any atom is 0.234 e. The highest BCUT2D eigenvalue weighted by atomic mass is 16.2. The molecule has 2 aromatic carbocycles. The zero-order chi connectivity index (χ0) is 18.8. The molecule has 1 aromatic heterocycles. The van der Waals surface area contributed by atoms with Crippen LogP contribution in [0.5, 0.6) is 0 Å². The molecular weight excluding hydrogens is 348 g/mol. The molecular formula is C24H18N2O2. The van der Waals surface area contributed by atoms with Crippen molar-refractivity contribution in [2.75, 3.05) is 0 Å². The van der Waals surface area contributed by atoms with Gasteiger partial charge in [-0.3, -0.25) is 19.5 Å². The van der Waals surface area contributed by atoms with Gasteiger partial charge in [-0.05, 0) is 33.9 Å². The maximum absolute atomic E-state index is 13.4. The van der Waals surface area contributed by atoms with E-state index in [1.54, 1.807) is 12.4 Å². The zero-order valence-electron chi connectivity index (χ0n) is 15.2. The van der Waals surface area contributed by atoms with Crippen LogP contribution in [0, 0.1) is 11.8 Å². The number of rotatable bonds is 2. The molecule has 1 aliphatic heterocycles. The van der Waals surface area contributed by atoms with Gasteiger partial charge in [-0.1, -0.05) is 54.6 Å². The summed E-state index contributed by atoms with van der Waals surface area (Å²) in [5, 5.41) is 0. The van der Waals surface area contributed by atoms with E-state index in [0.717, 1.165) is 5.56 Å². The van der Waals surface area contributed by atoms with Crippen molar-refractivity contribution in [3.63, 3.8) is 0 Å². The fraction of sp³-hybridized carbons (Fsp3) is 0.208. The lowest BCUT2D eigenvalue weighted by Crippen LogP contribution is -2.41. The van der Waals surface area contributed by atoms with Crippen molar-refractivity contribution in [1.82, 2.24) is 9.88 Å². The number of hydrogen-bond acceptors (Lipinski definition) is 3. The third kappa shape index (κ3) is 1.92. The lowest BCUT2D eigenvalue weighted by molar-refractivity contribution is -0.140. The molecule has 2 atom stereocenters. The Kier molecular flexibility index (Phi) is 3.16. The minimum absolute atomic E-state index is 0.0436. The number of aromatic nitrogens is 1. The molecule has 0 N–H and O–H groups in total. The van der Waals surface area contributed by atoms with E-state index in [9.17, 15) is 9.59 Å². The first-order valence-electron chi connectivity index (χ1n) is 9.67. The van der Waals surface area contributed by atoms with Crippen LogP contribution < -0.4 is 0 Å². The highest BCUT2D eigenvalue weighted by molar-refractivity contribution is 6.07. The molecule has 4 aliphatic rings. The maximum atomic E-state index is 13.4. The van der Waals surface area contributed by atoms with Gasteiger partial charge < -0.3 is 0 Å². The smallest absolute Gasteiger partial charge is 0.234 e. The molecule has 4 heteroatoms. The van der Waals surface area contributed by atoms with E-state index in [-0.39, 0.29) is 35.5 Å². The van der Waals surface area contributed by atoms with Gasteiger partial charge in [0, 0.05) is 24.2 Å². The van der Waals surface area contributed by atoms with E-state index < -0.39 is 0 Å². The van der Waals surface area contributed by atoms with Gasteiger partial charge in [0.25, 0.3) is 0 Å². The van der Waals surface area contributed by atoms with Crippen LogP contribution in [0.4, 0.5) is 0 Å². The molecule has 0 spiro atoms. The fourth-order valence-corrected chi connectivity index (χ4v) is 5.57. The third-order valence-corrected chi connectivity index (χ3v) is 6.60. The van der Waals surface area contributed by atoms with Crippen molar-refractivity contribution in [3.05, 3.63) is 101 Å². The van der Waals surface area contributed by atoms with Crippen LogP contribution in [0.15, 0.2) is 73.1 Å². The van der Waals surface area contributed by atoms with E-state index in [1.807, 2.05) is 36.4 Å². The second-order valence-electron chi connectivity index (χ2n) is 7.89. The number of carbonyl (C=O) groups is 2. The first kappa shape index (κ1) is 15.8. The SMILES string of the molecule is O=C1[C@H]2C3c4ccccc4C(c4ccccc43)[C@@H]2C(=O)N1Cc1cccnc1. The van der Waals surface area contributed by atoms with Crippen molar-refractivity contribution < 1.29 is 9.59 Å². The van der Waals surface area contributed by atoms with E-state index in [4.69, 9.17) is 0 Å². The summed E-state index contributed by atoms with van der Waals surface area (Å²) >= 11 is 0. The molecule has 2 bridgehead atoms. The zero-order valence-corrected chi connectivity index (χ0v) is 15.2. The molecule has 1 fully saturated rings. The molecule has 0 unspecified atom stereocenters. The summed E-state index contributed by atoms with van der Waals surface area (Å²) in [7, 11) is 0. The highest BCUT2D eigenvalue weighted by Crippen LogP contribution is 2.61. The predicted molar refractivity (Wildman–Crippen MR) is 103 cm³/mol. The Bertz CT molecular complexity index is 1010. The summed E-state index contributed by atoms with van der Waals surface area (Å²) in [6.45, 7) is 0.296. The van der Waals surface area contributed by atoms with Gasteiger partial charge in [-0.15, -0.1) is 0 Å². The molecule has 7 rings (SSSR count). The average Bonchev–Trinajstić information content (AvgIpc) is 3.00. The minimum Gasteiger partial charge on any atom is -0.277 e. The number of hydrogen-bond donors (Lipinski definition) is 0. The molecule has 1 saturated heterocycles. The number of imide groups is 1. The summed E-state index contributed by atoms with van der Waals surface area (Å²) in [5.41, 5.74) is 5.70. The van der Waals surface area contributed by atoms with Crippen LogP contribution in [-0.4, -0.2) is 21.7 Å². The minimum atomic E-state index is -0.307. The second kappa shape index (κ2) is 5.61. The van der Waals surface area contributed by atoms with Crippen molar-refractivity contribution in [2.45, 2.75) is 18.4 Å². The lowest BCUT2D eigenvalue weighted by atomic mass is 9.55. The number of carbonyl (C=O) groups excluding carboxylic acids is 2. The number of benzene rings is 2. The van der Waals surface area contributed by atoms with Gasteiger partial charge in [0.2, 0.25) is 11.8 Å². The number of pyridine rings is 1. The van der Waals surface area contributed by atoms with E-state index >= 15 is 0 Å². The van der Waals surface area contributed by atoms with Crippen molar-refractivity contribution in [1.29, 1.82) is 0 Å². The van der Waals surface area contributed by atoms with E-state index in [0.29, 0.717) is 6.54 Å². The molecule has 3 aromatic rings. The van der Waals surface area contributed by atoms with Crippen LogP contribution in [0.1, 0.15) is 39.7 Å². The molecule has 2 heterocycles. The van der Waals surface area contributed by atoms with Crippen molar-refractivity contribution in [3.8, 4) is 0 Å². The van der Waals surface area contributed by atoms with Crippen LogP contribution in [0.3, 0.4) is 0 Å². The Morgan fingerprint density at radius 3 is 1.64 bits per heavy atom. The molecule has 0 radical (unpaired) electrons. The van der Waals surface area contributed by atoms with Gasteiger partial charge >= 0.3 is 0 Å². The Morgan fingerprint density at radius 1 is 0.714 bits per heavy atom. The van der Waals surface area contributed by atoms with Crippen molar-refractivity contribution >= 4 is 11.8 Å². The Balaban J connectivity index is 1.50. The monoisotopic (exact) mass is 366 g/mol. The first-order valence-corrected chi connectivity index (χ1v) is 9.67. The molecule has 3 aliphatic carbocycles. The number of likely N-dealkylation sites (tertiary alicyclic amines) is 1. The Hall–Kier alpha value is -3.27. The predicted octanol–water partition coefficient (Wildman–Crippen LogP) is 3.47. The van der Waals surface area contributed by atoms with Gasteiger partial charge in [-0.25, -0.2) is 0 Å². The van der Waals surface area contributed by atoms with Crippen molar-refractivity contribution in [2.24, 2.45) is 11.8 Å². The average molecular weight is 366 g/mol. The molecule has 136 valence electrons. The van der Waals surface area contributed by atoms with Crippen LogP contribution in [-0.2, 0) is 16.1 Å². The number of amides is 2. The summed E-state index contributed by atoms with van der Waals surface area (Å²) in [5.74, 6) is -0.788. The number of nitrogens with zero attached hydrogens (tertiary/aromatic N) is 2. The summed E-state index contributed by atoms with van der Waals surface area (Å²) in [6, 6.07) is 20.4. The molecule has 28 heavy (non-hydrogen) atoms. The van der Waals surface area contributed by atoms with Crippen LogP contribution >= 0.6 is 0 Å². The molecule has 4 nitrogen and oxygen atoms in total. The normalized spacial score (nSPS) is 26.8. The Morgan fingerprint density at radius 2 is 1.21 bits per heavy atom. The molecule has 0 saturated carbocycles. The van der Waals surface area contributed by atoms with Crippen LogP contribution in [0.2, 0.25) is 0 Å². The summed E-state index contributed by atoms with van der Waals surface area (Å²) in [6.07, 6.45) is 3.42. The topological polar surface area (TPSA) is 50.3 Å². The molecule has 2 amide bonds. The quantitative estimate of drug-likeness (QED) is 0.653. The van der Waals surface area contributed by atoms with Gasteiger partial charge in [-0.2, -0.15) is 0 Å². The van der Waals surface area contributed by atoms with Gasteiger partial charge in [0.05, 0.1) is 18.4 Å². The summed E-state index contributed by atoms with van der Waals surface area (Å²) < 4.78 is 0. The van der Waals surface area contributed by atoms with E-state index in [1.165, 1.54) is 27.2 Å². The fourth-order valence-electron chi connectivity index (χ4n) is 5.57. The second-order valence-corrected chi connectivity index (χ2v) is 7.89. The standard InChI is InChI=1S/C24H18N2O2/c27-23-21-19-15-7-1-2-8-16(15)20(18-10-4-3-9-17(18)19)22(21)24(28)26(23)13-14-6-5-11-25-12-14/h1-12,19-22H,13H2/t19?,20?,21-,22-/m0/s1. The summed E-state index contributed by atoms with van der Waals surface area (Å²) in [4.78, 5) is 32.5. The van der Waals surface area contributed by atoms with Gasteiger partial charge in [0.1, 0.15) is 0 Å². The first-order chi connectivity index (χ1) is 13.8. The third-order valence-electron chi connectivity index (χ3n) is 6.60.